The molecule has 0 aromatic heterocycles. The first-order valence-corrected chi connectivity index (χ1v) is 8.51. The lowest BCUT2D eigenvalue weighted by atomic mass is 9.88. The molecule has 5 rings (SSSR count). The van der Waals surface area contributed by atoms with Crippen LogP contribution in [0.1, 0.15) is 11.1 Å². The van der Waals surface area contributed by atoms with Crippen LogP contribution in [0, 0.1) is 0 Å². The monoisotopic (exact) mass is 368 g/mol. The molecule has 138 valence electrons. The molecular formula is C20H16O7. The van der Waals surface area contributed by atoms with Crippen LogP contribution in [0.25, 0.3) is 6.08 Å². The minimum Gasteiger partial charge on any atom is -0.459 e. The predicted molar refractivity (Wildman–Crippen MR) is 92.7 cm³/mol. The lowest BCUT2D eigenvalue weighted by molar-refractivity contribution is -0.135. The fourth-order valence-corrected chi connectivity index (χ4v) is 3.43. The highest BCUT2D eigenvalue weighted by Crippen LogP contribution is 2.38. The molecule has 1 N–H and O–H groups in total. The molecule has 27 heavy (non-hydrogen) atoms. The molecule has 3 aliphatic heterocycles. The van der Waals surface area contributed by atoms with Gasteiger partial charge in [-0.3, -0.25) is 0 Å². The molecule has 1 fully saturated rings. The molecule has 1 saturated heterocycles. The number of rotatable bonds is 3. The highest BCUT2D eigenvalue weighted by Gasteiger charge is 2.44. The molecule has 0 amide bonds. The topological polar surface area (TPSA) is 83.5 Å². The van der Waals surface area contributed by atoms with Gasteiger partial charge in [-0.1, -0.05) is 12.1 Å². The Hall–Kier alpha value is -3.19. The van der Waals surface area contributed by atoms with Crippen LogP contribution in [0.15, 0.2) is 42.0 Å². The summed E-state index contributed by atoms with van der Waals surface area (Å²) in [5.41, 5.74) is 0.314. The smallest absolute Gasteiger partial charge is 0.337 e. The standard InChI is InChI=1S/C20H16O7/c21-19-14(5-12-1-3-15-17(6-12)26-10-24-15)20(22,9-23-19)8-13-2-4-16-18(7-13)27-11-25-16/h1-7,22H,8-11H2/b14-5-/t20-/m1/s1. The van der Waals surface area contributed by atoms with E-state index in [1.165, 1.54) is 0 Å². The first kappa shape index (κ1) is 16.0. The van der Waals surface area contributed by atoms with Crippen LogP contribution in [0.3, 0.4) is 0 Å². The van der Waals surface area contributed by atoms with Crippen molar-refractivity contribution in [3.05, 3.63) is 53.1 Å². The van der Waals surface area contributed by atoms with Crippen LogP contribution in [0.2, 0.25) is 0 Å². The summed E-state index contributed by atoms with van der Waals surface area (Å²) in [5.74, 6) is 2.02. The fraction of sp³-hybridized carbons (Fsp3) is 0.250. The summed E-state index contributed by atoms with van der Waals surface area (Å²) in [6.45, 7) is 0.252. The van der Waals surface area contributed by atoms with Gasteiger partial charge in [-0.25, -0.2) is 4.79 Å². The Morgan fingerprint density at radius 3 is 2.33 bits per heavy atom. The molecule has 2 aromatic carbocycles. The van der Waals surface area contributed by atoms with Crippen molar-refractivity contribution in [2.75, 3.05) is 20.2 Å². The summed E-state index contributed by atoms with van der Waals surface area (Å²) in [4.78, 5) is 12.3. The number of benzene rings is 2. The Morgan fingerprint density at radius 2 is 1.56 bits per heavy atom. The molecule has 0 aliphatic carbocycles. The third-order valence-electron chi connectivity index (χ3n) is 4.80. The molecule has 1 atom stereocenters. The van der Waals surface area contributed by atoms with Crippen molar-refractivity contribution in [3.8, 4) is 23.0 Å². The highest BCUT2D eigenvalue weighted by atomic mass is 16.7. The predicted octanol–water partition coefficient (Wildman–Crippen LogP) is 2.06. The van der Waals surface area contributed by atoms with Crippen LogP contribution in [0.5, 0.6) is 23.0 Å². The maximum absolute atomic E-state index is 12.3. The van der Waals surface area contributed by atoms with Gasteiger partial charge in [0.1, 0.15) is 12.2 Å². The maximum Gasteiger partial charge on any atom is 0.337 e. The number of ether oxygens (including phenoxy) is 5. The van der Waals surface area contributed by atoms with Gasteiger partial charge in [0.25, 0.3) is 0 Å². The second-order valence-electron chi connectivity index (χ2n) is 6.64. The van der Waals surface area contributed by atoms with Gasteiger partial charge in [0.15, 0.2) is 23.0 Å². The molecular weight excluding hydrogens is 352 g/mol. The van der Waals surface area contributed by atoms with E-state index >= 15 is 0 Å². The van der Waals surface area contributed by atoms with Gasteiger partial charge in [-0.15, -0.1) is 0 Å². The van der Waals surface area contributed by atoms with Crippen molar-refractivity contribution < 1.29 is 33.6 Å². The highest BCUT2D eigenvalue weighted by molar-refractivity contribution is 5.98. The van der Waals surface area contributed by atoms with E-state index < -0.39 is 11.6 Å². The number of cyclic esters (lactones) is 1. The third kappa shape index (κ3) is 2.76. The van der Waals surface area contributed by atoms with E-state index in [1.807, 2.05) is 6.07 Å². The average Bonchev–Trinajstić information content (AvgIpc) is 3.37. The van der Waals surface area contributed by atoms with Crippen molar-refractivity contribution in [2.45, 2.75) is 12.0 Å². The zero-order valence-electron chi connectivity index (χ0n) is 14.3. The minimum absolute atomic E-state index is 0.101. The van der Waals surface area contributed by atoms with E-state index in [4.69, 9.17) is 23.7 Å². The lowest BCUT2D eigenvalue weighted by Crippen LogP contribution is -2.34. The molecule has 7 nitrogen and oxygen atoms in total. The van der Waals surface area contributed by atoms with Crippen LogP contribution in [-0.2, 0) is 16.0 Å². The van der Waals surface area contributed by atoms with E-state index in [0.29, 0.717) is 23.0 Å². The van der Waals surface area contributed by atoms with Gasteiger partial charge >= 0.3 is 5.97 Å². The van der Waals surface area contributed by atoms with Crippen LogP contribution in [-0.4, -0.2) is 36.9 Å². The van der Waals surface area contributed by atoms with Gasteiger partial charge in [-0.2, -0.15) is 0 Å². The maximum atomic E-state index is 12.3. The van der Waals surface area contributed by atoms with Crippen molar-refractivity contribution in [2.24, 2.45) is 0 Å². The molecule has 0 saturated carbocycles. The zero-order valence-corrected chi connectivity index (χ0v) is 14.3. The number of carbonyl (C=O) groups excluding carboxylic acids is 1. The number of hydrogen-bond donors (Lipinski definition) is 1. The Bertz CT molecular complexity index is 965. The summed E-state index contributed by atoms with van der Waals surface area (Å²) < 4.78 is 26.5. The van der Waals surface area contributed by atoms with Crippen molar-refractivity contribution in [1.29, 1.82) is 0 Å². The number of esters is 1. The summed E-state index contributed by atoms with van der Waals surface area (Å²) in [5, 5.41) is 11.1. The Kier molecular flexibility index (Phi) is 3.51. The molecule has 3 heterocycles. The van der Waals surface area contributed by atoms with Crippen molar-refractivity contribution >= 4 is 12.0 Å². The van der Waals surface area contributed by atoms with Gasteiger partial charge in [0, 0.05) is 6.42 Å². The minimum atomic E-state index is -1.43. The van der Waals surface area contributed by atoms with E-state index in [1.54, 1.807) is 36.4 Å². The second kappa shape index (κ2) is 5.92. The van der Waals surface area contributed by atoms with Crippen molar-refractivity contribution in [1.82, 2.24) is 0 Å². The summed E-state index contributed by atoms with van der Waals surface area (Å²) in [6.07, 6.45) is 1.84. The zero-order chi connectivity index (χ0) is 18.4. The molecule has 0 unspecified atom stereocenters. The van der Waals surface area contributed by atoms with Gasteiger partial charge < -0.3 is 28.8 Å². The number of hydrogen-bond acceptors (Lipinski definition) is 7. The van der Waals surface area contributed by atoms with Crippen LogP contribution >= 0.6 is 0 Å². The van der Waals surface area contributed by atoms with Crippen molar-refractivity contribution in [3.63, 3.8) is 0 Å². The number of aliphatic hydroxyl groups is 1. The quantitative estimate of drug-likeness (QED) is 0.656. The average molecular weight is 368 g/mol. The first-order chi connectivity index (χ1) is 13.1. The van der Waals surface area contributed by atoms with E-state index in [2.05, 4.69) is 0 Å². The van der Waals surface area contributed by atoms with Gasteiger partial charge in [0.05, 0.1) is 5.57 Å². The molecule has 0 radical (unpaired) electrons. The SMILES string of the molecule is O=C1OC[C@](O)(Cc2ccc3c(c2)OCO3)/C1=C\c1ccc2c(c1)OCO2. The second-order valence-corrected chi connectivity index (χ2v) is 6.64. The molecule has 2 aromatic rings. The van der Waals surface area contributed by atoms with Gasteiger partial charge in [0.2, 0.25) is 13.6 Å². The van der Waals surface area contributed by atoms with Crippen LogP contribution in [0.4, 0.5) is 0 Å². The molecule has 7 heteroatoms. The van der Waals surface area contributed by atoms with Crippen LogP contribution < -0.4 is 18.9 Å². The summed E-state index contributed by atoms with van der Waals surface area (Å²) >= 11 is 0. The first-order valence-electron chi connectivity index (χ1n) is 8.51. The lowest BCUT2D eigenvalue weighted by Gasteiger charge is -2.21. The largest absolute Gasteiger partial charge is 0.459 e. The number of carbonyl (C=O) groups is 1. The number of fused-ring (bicyclic) bond motifs is 2. The summed E-state index contributed by atoms with van der Waals surface area (Å²) in [7, 11) is 0. The third-order valence-corrected chi connectivity index (χ3v) is 4.80. The molecule has 0 spiro atoms. The fourth-order valence-electron chi connectivity index (χ4n) is 3.43. The normalized spacial score (nSPS) is 23.7. The summed E-state index contributed by atoms with van der Waals surface area (Å²) in [6, 6.07) is 10.8. The Morgan fingerprint density at radius 1 is 0.889 bits per heavy atom. The van der Waals surface area contributed by atoms with E-state index in [0.717, 1.165) is 11.1 Å². The van der Waals surface area contributed by atoms with E-state index in [9.17, 15) is 9.90 Å². The Balaban J connectivity index is 1.46. The Labute approximate surface area is 154 Å². The van der Waals surface area contributed by atoms with Gasteiger partial charge in [-0.05, 0) is 41.5 Å². The molecule has 0 bridgehead atoms. The van der Waals surface area contributed by atoms with E-state index in [-0.39, 0.29) is 32.2 Å². The molecule has 3 aliphatic rings.